The molecule has 1 N–H and O–H groups in total. The highest BCUT2D eigenvalue weighted by atomic mass is 32.2. The molecule has 1 aromatic rings. The van der Waals surface area contributed by atoms with Gasteiger partial charge in [0.1, 0.15) is 11.1 Å². The van der Waals surface area contributed by atoms with Crippen LogP contribution in [0.3, 0.4) is 0 Å². The maximum atomic E-state index is 10.6. The SMILES string of the molecule is CC(CSc1ncccc1C#N)C(=O)O. The summed E-state index contributed by atoms with van der Waals surface area (Å²) in [4.78, 5) is 14.6. The molecule has 0 radical (unpaired) electrons. The van der Waals surface area contributed by atoms with E-state index in [2.05, 4.69) is 4.98 Å². The monoisotopic (exact) mass is 222 g/mol. The Morgan fingerprint density at radius 1 is 1.80 bits per heavy atom. The topological polar surface area (TPSA) is 74.0 Å². The van der Waals surface area contributed by atoms with Gasteiger partial charge in [-0.2, -0.15) is 5.26 Å². The molecule has 0 aliphatic rings. The van der Waals surface area contributed by atoms with Gasteiger partial charge in [0.05, 0.1) is 11.5 Å². The van der Waals surface area contributed by atoms with Crippen LogP contribution in [0.25, 0.3) is 0 Å². The number of rotatable bonds is 4. The molecule has 1 unspecified atom stereocenters. The molecule has 15 heavy (non-hydrogen) atoms. The molecule has 0 saturated heterocycles. The molecule has 78 valence electrons. The van der Waals surface area contributed by atoms with Crippen LogP contribution in [0.2, 0.25) is 0 Å². The first-order chi connectivity index (χ1) is 7.15. The van der Waals surface area contributed by atoms with Crippen LogP contribution in [0.4, 0.5) is 0 Å². The van der Waals surface area contributed by atoms with Crippen molar-refractivity contribution >= 4 is 17.7 Å². The molecule has 1 rings (SSSR count). The van der Waals surface area contributed by atoms with Gasteiger partial charge in [-0.3, -0.25) is 4.79 Å². The molecule has 1 heterocycles. The number of carboxylic acid groups (broad SMARTS) is 1. The van der Waals surface area contributed by atoms with Crippen LogP contribution in [0.15, 0.2) is 23.4 Å². The summed E-state index contributed by atoms with van der Waals surface area (Å²) < 4.78 is 0. The molecule has 0 spiro atoms. The van der Waals surface area contributed by atoms with E-state index in [4.69, 9.17) is 10.4 Å². The molecule has 0 aliphatic heterocycles. The Labute approximate surface area is 91.9 Å². The Bertz CT molecular complexity index is 401. The van der Waals surface area contributed by atoms with Crippen molar-refractivity contribution in [3.8, 4) is 6.07 Å². The maximum absolute atomic E-state index is 10.6. The van der Waals surface area contributed by atoms with E-state index in [-0.39, 0.29) is 0 Å². The lowest BCUT2D eigenvalue weighted by atomic mass is 10.2. The zero-order valence-corrected chi connectivity index (χ0v) is 8.99. The van der Waals surface area contributed by atoms with Crippen molar-refractivity contribution in [1.82, 2.24) is 4.98 Å². The van der Waals surface area contributed by atoms with Crippen LogP contribution in [-0.4, -0.2) is 21.8 Å². The minimum Gasteiger partial charge on any atom is -0.481 e. The summed E-state index contributed by atoms with van der Waals surface area (Å²) in [6.07, 6.45) is 1.59. The van der Waals surface area contributed by atoms with Crippen LogP contribution in [0, 0.1) is 17.2 Å². The van der Waals surface area contributed by atoms with E-state index < -0.39 is 11.9 Å². The summed E-state index contributed by atoms with van der Waals surface area (Å²) in [6.45, 7) is 1.63. The van der Waals surface area contributed by atoms with E-state index in [0.717, 1.165) is 0 Å². The number of hydrogen-bond donors (Lipinski definition) is 1. The Balaban J connectivity index is 2.66. The fraction of sp³-hybridized carbons (Fsp3) is 0.300. The number of carbonyl (C=O) groups is 1. The van der Waals surface area contributed by atoms with E-state index >= 15 is 0 Å². The number of nitrogens with zero attached hydrogens (tertiary/aromatic N) is 2. The van der Waals surface area contributed by atoms with Gasteiger partial charge in [0.2, 0.25) is 0 Å². The van der Waals surface area contributed by atoms with E-state index in [1.165, 1.54) is 11.8 Å². The van der Waals surface area contributed by atoms with Crippen LogP contribution in [0.5, 0.6) is 0 Å². The molecule has 1 aromatic heterocycles. The molecule has 5 heteroatoms. The highest BCUT2D eigenvalue weighted by Crippen LogP contribution is 2.21. The summed E-state index contributed by atoms with van der Waals surface area (Å²) >= 11 is 1.29. The average molecular weight is 222 g/mol. The molecular formula is C10H10N2O2S. The van der Waals surface area contributed by atoms with Gasteiger partial charge < -0.3 is 5.11 Å². The predicted octanol–water partition coefficient (Wildman–Crippen LogP) is 1.77. The van der Waals surface area contributed by atoms with Crippen molar-refractivity contribution in [2.45, 2.75) is 11.9 Å². The number of carboxylic acids is 1. The highest BCUT2D eigenvalue weighted by Gasteiger charge is 2.12. The highest BCUT2D eigenvalue weighted by molar-refractivity contribution is 7.99. The molecule has 4 nitrogen and oxygen atoms in total. The van der Waals surface area contributed by atoms with Gasteiger partial charge >= 0.3 is 5.97 Å². The van der Waals surface area contributed by atoms with Crippen molar-refractivity contribution in [2.24, 2.45) is 5.92 Å². The third kappa shape index (κ3) is 3.26. The first-order valence-corrected chi connectivity index (χ1v) is 5.34. The molecule has 0 amide bonds. The minimum atomic E-state index is -0.836. The van der Waals surface area contributed by atoms with E-state index in [0.29, 0.717) is 16.3 Å². The van der Waals surface area contributed by atoms with Gasteiger partial charge in [-0.1, -0.05) is 6.92 Å². The smallest absolute Gasteiger partial charge is 0.307 e. The summed E-state index contributed by atoms with van der Waals surface area (Å²) in [5, 5.41) is 18.1. The number of aliphatic carboxylic acids is 1. The predicted molar refractivity (Wildman–Crippen MR) is 56.5 cm³/mol. The third-order valence-electron chi connectivity index (χ3n) is 1.78. The fourth-order valence-electron chi connectivity index (χ4n) is 0.866. The van der Waals surface area contributed by atoms with Crippen molar-refractivity contribution in [2.75, 3.05) is 5.75 Å². The van der Waals surface area contributed by atoms with Crippen molar-refractivity contribution in [3.63, 3.8) is 0 Å². The van der Waals surface area contributed by atoms with Gasteiger partial charge in [0, 0.05) is 11.9 Å². The standard InChI is InChI=1S/C10H10N2O2S/c1-7(10(13)14)6-15-9-8(5-11)3-2-4-12-9/h2-4,7H,6H2,1H3,(H,13,14). The van der Waals surface area contributed by atoms with E-state index in [1.807, 2.05) is 6.07 Å². The number of thioether (sulfide) groups is 1. The number of aromatic nitrogens is 1. The molecule has 0 bridgehead atoms. The van der Waals surface area contributed by atoms with Crippen LogP contribution in [0.1, 0.15) is 12.5 Å². The Morgan fingerprint density at radius 2 is 2.53 bits per heavy atom. The maximum Gasteiger partial charge on any atom is 0.307 e. The molecule has 0 aliphatic carbocycles. The van der Waals surface area contributed by atoms with Crippen LogP contribution in [-0.2, 0) is 4.79 Å². The quantitative estimate of drug-likeness (QED) is 0.786. The summed E-state index contributed by atoms with van der Waals surface area (Å²) in [7, 11) is 0. The average Bonchev–Trinajstić information content (AvgIpc) is 2.26. The fourth-order valence-corrected chi connectivity index (χ4v) is 1.82. The lowest BCUT2D eigenvalue weighted by Gasteiger charge is -2.05. The Morgan fingerprint density at radius 3 is 3.13 bits per heavy atom. The van der Waals surface area contributed by atoms with Crippen LogP contribution >= 0.6 is 11.8 Å². The normalized spacial score (nSPS) is 11.7. The van der Waals surface area contributed by atoms with E-state index in [9.17, 15) is 4.79 Å². The summed E-state index contributed by atoms with van der Waals surface area (Å²) in [6, 6.07) is 5.37. The Kier molecular flexibility index (Phi) is 4.13. The number of pyridine rings is 1. The Hall–Kier alpha value is -1.54. The van der Waals surface area contributed by atoms with Crippen molar-refractivity contribution < 1.29 is 9.90 Å². The second-order valence-electron chi connectivity index (χ2n) is 3.02. The second-order valence-corrected chi connectivity index (χ2v) is 4.03. The van der Waals surface area contributed by atoms with Gasteiger partial charge in [-0.05, 0) is 12.1 Å². The zero-order chi connectivity index (χ0) is 11.3. The van der Waals surface area contributed by atoms with Crippen molar-refractivity contribution in [1.29, 1.82) is 5.26 Å². The largest absolute Gasteiger partial charge is 0.481 e. The lowest BCUT2D eigenvalue weighted by Crippen LogP contribution is -2.11. The minimum absolute atomic E-state index is 0.418. The van der Waals surface area contributed by atoms with Gasteiger partial charge in [-0.25, -0.2) is 4.98 Å². The number of nitriles is 1. The second kappa shape index (κ2) is 5.37. The summed E-state index contributed by atoms with van der Waals surface area (Å²) in [5.74, 6) is -0.860. The molecule has 1 atom stereocenters. The van der Waals surface area contributed by atoms with Gasteiger partial charge in [-0.15, -0.1) is 11.8 Å². The first-order valence-electron chi connectivity index (χ1n) is 4.36. The molecular weight excluding hydrogens is 212 g/mol. The molecule has 0 fully saturated rings. The van der Waals surface area contributed by atoms with E-state index in [1.54, 1.807) is 25.3 Å². The third-order valence-corrected chi connectivity index (χ3v) is 3.05. The van der Waals surface area contributed by atoms with Crippen molar-refractivity contribution in [3.05, 3.63) is 23.9 Å². The number of hydrogen-bond acceptors (Lipinski definition) is 4. The molecule has 0 aromatic carbocycles. The van der Waals surface area contributed by atoms with Gasteiger partial charge in [0.15, 0.2) is 0 Å². The zero-order valence-electron chi connectivity index (χ0n) is 8.17. The van der Waals surface area contributed by atoms with Crippen LogP contribution < -0.4 is 0 Å². The van der Waals surface area contributed by atoms with Gasteiger partial charge in [0.25, 0.3) is 0 Å². The molecule has 0 saturated carbocycles. The lowest BCUT2D eigenvalue weighted by molar-refractivity contribution is -0.140. The first kappa shape index (κ1) is 11.5. The summed E-state index contributed by atoms with van der Waals surface area (Å²) in [5.41, 5.74) is 0.486.